The van der Waals surface area contributed by atoms with E-state index in [2.05, 4.69) is 27.5 Å². The van der Waals surface area contributed by atoms with Gasteiger partial charge in [-0.3, -0.25) is 5.10 Å². The standard InChI is InChI=1S/C11H18N4O2/c1-15-3-2-8(7-15)4-12-5-9-6-13-14-10(9)11(16)17/h6,8,12H,2-5,7H2,1H3,(H,13,14)(H,16,17). The summed E-state index contributed by atoms with van der Waals surface area (Å²) in [5.41, 5.74) is 0.893. The lowest BCUT2D eigenvalue weighted by Crippen LogP contribution is -2.25. The molecule has 1 aliphatic rings. The summed E-state index contributed by atoms with van der Waals surface area (Å²) in [7, 11) is 2.12. The highest BCUT2D eigenvalue weighted by molar-refractivity contribution is 5.86. The van der Waals surface area contributed by atoms with Crippen molar-refractivity contribution < 1.29 is 9.90 Å². The summed E-state index contributed by atoms with van der Waals surface area (Å²) in [5.74, 6) is -0.292. The first kappa shape index (κ1) is 12.1. The van der Waals surface area contributed by atoms with Crippen molar-refractivity contribution in [2.24, 2.45) is 5.92 Å². The average Bonchev–Trinajstić information content (AvgIpc) is 2.87. The molecule has 3 N–H and O–H groups in total. The van der Waals surface area contributed by atoms with Gasteiger partial charge in [0, 0.05) is 18.7 Å². The molecule has 0 amide bonds. The lowest BCUT2D eigenvalue weighted by molar-refractivity contribution is 0.0689. The van der Waals surface area contributed by atoms with Crippen LogP contribution < -0.4 is 5.32 Å². The molecule has 6 heteroatoms. The van der Waals surface area contributed by atoms with E-state index >= 15 is 0 Å². The van der Waals surface area contributed by atoms with Crippen LogP contribution >= 0.6 is 0 Å². The molecule has 2 rings (SSSR count). The van der Waals surface area contributed by atoms with Gasteiger partial charge in [-0.1, -0.05) is 0 Å². The lowest BCUT2D eigenvalue weighted by atomic mass is 10.1. The van der Waals surface area contributed by atoms with Crippen molar-refractivity contribution in [3.05, 3.63) is 17.5 Å². The van der Waals surface area contributed by atoms with E-state index in [-0.39, 0.29) is 5.69 Å². The minimum atomic E-state index is -0.958. The van der Waals surface area contributed by atoms with Crippen LogP contribution in [0.5, 0.6) is 0 Å². The number of H-pyrrole nitrogens is 1. The van der Waals surface area contributed by atoms with Gasteiger partial charge < -0.3 is 15.3 Å². The second-order valence-corrected chi connectivity index (χ2v) is 4.62. The summed E-state index contributed by atoms with van der Waals surface area (Å²) in [5, 5.41) is 18.4. The van der Waals surface area contributed by atoms with Gasteiger partial charge in [0.25, 0.3) is 0 Å². The monoisotopic (exact) mass is 238 g/mol. The van der Waals surface area contributed by atoms with Crippen LogP contribution in [0.15, 0.2) is 6.20 Å². The van der Waals surface area contributed by atoms with Gasteiger partial charge in [-0.2, -0.15) is 5.10 Å². The number of aromatic carboxylic acids is 1. The van der Waals surface area contributed by atoms with Gasteiger partial charge >= 0.3 is 5.97 Å². The zero-order chi connectivity index (χ0) is 12.3. The van der Waals surface area contributed by atoms with Crippen LogP contribution in [-0.4, -0.2) is 52.9 Å². The van der Waals surface area contributed by atoms with Gasteiger partial charge in [0.2, 0.25) is 0 Å². The number of carboxylic acid groups (broad SMARTS) is 1. The van der Waals surface area contributed by atoms with Crippen molar-refractivity contribution in [3.63, 3.8) is 0 Å². The number of carbonyl (C=O) groups is 1. The van der Waals surface area contributed by atoms with E-state index in [0.29, 0.717) is 18.0 Å². The summed E-state index contributed by atoms with van der Waals surface area (Å²) in [6.45, 7) is 3.75. The van der Waals surface area contributed by atoms with Crippen LogP contribution in [0.1, 0.15) is 22.5 Å². The Bertz CT molecular complexity index is 391. The maximum absolute atomic E-state index is 10.8. The molecular weight excluding hydrogens is 220 g/mol. The van der Waals surface area contributed by atoms with Crippen molar-refractivity contribution >= 4 is 5.97 Å². The largest absolute Gasteiger partial charge is 0.477 e. The Labute approximate surface area is 100 Å². The summed E-state index contributed by atoms with van der Waals surface area (Å²) in [6.07, 6.45) is 2.78. The summed E-state index contributed by atoms with van der Waals surface area (Å²) in [6, 6.07) is 0. The molecule has 0 saturated carbocycles. The van der Waals surface area contributed by atoms with Gasteiger partial charge in [-0.15, -0.1) is 0 Å². The zero-order valence-corrected chi connectivity index (χ0v) is 9.94. The number of nitrogens with zero attached hydrogens (tertiary/aromatic N) is 2. The predicted molar refractivity (Wildman–Crippen MR) is 62.9 cm³/mol. The number of rotatable bonds is 5. The molecule has 0 bridgehead atoms. The number of hydrogen-bond acceptors (Lipinski definition) is 4. The number of nitrogens with one attached hydrogen (secondary N) is 2. The van der Waals surface area contributed by atoms with E-state index in [1.165, 1.54) is 6.42 Å². The van der Waals surface area contributed by atoms with Crippen LogP contribution in [0.2, 0.25) is 0 Å². The molecule has 0 aromatic carbocycles. The fourth-order valence-electron chi connectivity index (χ4n) is 2.23. The Kier molecular flexibility index (Phi) is 3.75. The van der Waals surface area contributed by atoms with Crippen LogP contribution in [0.25, 0.3) is 0 Å². The number of hydrogen-bond donors (Lipinski definition) is 3. The molecule has 1 fully saturated rings. The van der Waals surface area contributed by atoms with Crippen molar-refractivity contribution in [3.8, 4) is 0 Å². The topological polar surface area (TPSA) is 81.2 Å². The fraction of sp³-hybridized carbons (Fsp3) is 0.636. The first-order valence-electron chi connectivity index (χ1n) is 5.81. The van der Waals surface area contributed by atoms with Gasteiger partial charge in [-0.05, 0) is 32.5 Å². The van der Waals surface area contributed by atoms with Gasteiger partial charge in [-0.25, -0.2) is 4.79 Å². The van der Waals surface area contributed by atoms with Crippen molar-refractivity contribution in [2.75, 3.05) is 26.7 Å². The van der Waals surface area contributed by atoms with E-state index in [9.17, 15) is 4.79 Å². The van der Waals surface area contributed by atoms with Gasteiger partial charge in [0.15, 0.2) is 0 Å². The zero-order valence-electron chi connectivity index (χ0n) is 9.94. The Hall–Kier alpha value is -1.40. The molecule has 1 aromatic heterocycles. The minimum Gasteiger partial charge on any atom is -0.477 e. The SMILES string of the molecule is CN1CCC(CNCc2cn[nH]c2C(=O)O)C1. The maximum Gasteiger partial charge on any atom is 0.354 e. The molecule has 6 nitrogen and oxygen atoms in total. The van der Waals surface area contributed by atoms with Crippen LogP contribution in [-0.2, 0) is 6.54 Å². The van der Waals surface area contributed by atoms with Crippen LogP contribution in [0.4, 0.5) is 0 Å². The first-order valence-corrected chi connectivity index (χ1v) is 5.81. The highest BCUT2D eigenvalue weighted by atomic mass is 16.4. The number of aromatic amines is 1. The molecule has 1 unspecified atom stereocenters. The molecule has 1 atom stereocenters. The Balaban J connectivity index is 1.78. The number of carboxylic acids is 1. The molecular formula is C11H18N4O2. The molecule has 1 aromatic rings. The summed E-state index contributed by atoms with van der Waals surface area (Å²) < 4.78 is 0. The highest BCUT2D eigenvalue weighted by Gasteiger charge is 2.19. The second kappa shape index (κ2) is 5.29. The molecule has 0 spiro atoms. The fourth-order valence-corrected chi connectivity index (χ4v) is 2.23. The second-order valence-electron chi connectivity index (χ2n) is 4.62. The van der Waals surface area contributed by atoms with Crippen LogP contribution in [0.3, 0.4) is 0 Å². The predicted octanol–water partition coefficient (Wildman–Crippen LogP) is 0.149. The Morgan fingerprint density at radius 2 is 2.59 bits per heavy atom. The number of aromatic nitrogens is 2. The van der Waals surface area contributed by atoms with Crippen molar-refractivity contribution in [2.45, 2.75) is 13.0 Å². The van der Waals surface area contributed by atoms with E-state index in [4.69, 9.17) is 5.11 Å². The molecule has 94 valence electrons. The average molecular weight is 238 g/mol. The maximum atomic E-state index is 10.8. The minimum absolute atomic E-state index is 0.182. The number of likely N-dealkylation sites (tertiary alicyclic amines) is 1. The molecule has 1 saturated heterocycles. The Morgan fingerprint density at radius 1 is 1.76 bits per heavy atom. The molecule has 0 aliphatic carbocycles. The first-order chi connectivity index (χ1) is 8.16. The third-order valence-corrected chi connectivity index (χ3v) is 3.17. The summed E-state index contributed by atoms with van der Waals surface area (Å²) >= 11 is 0. The third kappa shape index (κ3) is 3.04. The normalized spacial score (nSPS) is 20.9. The van der Waals surface area contributed by atoms with E-state index in [0.717, 1.165) is 19.6 Å². The van der Waals surface area contributed by atoms with Gasteiger partial charge in [0.05, 0.1) is 6.20 Å². The summed E-state index contributed by atoms with van der Waals surface area (Å²) in [4.78, 5) is 13.2. The quantitative estimate of drug-likeness (QED) is 0.680. The highest BCUT2D eigenvalue weighted by Crippen LogP contribution is 2.13. The molecule has 17 heavy (non-hydrogen) atoms. The molecule has 0 radical (unpaired) electrons. The van der Waals surface area contributed by atoms with Gasteiger partial charge in [0.1, 0.15) is 5.69 Å². The van der Waals surface area contributed by atoms with E-state index in [1.54, 1.807) is 6.20 Å². The Morgan fingerprint density at radius 3 is 3.24 bits per heavy atom. The van der Waals surface area contributed by atoms with E-state index in [1.807, 2.05) is 0 Å². The molecule has 1 aliphatic heterocycles. The molecule has 2 heterocycles. The van der Waals surface area contributed by atoms with E-state index < -0.39 is 5.97 Å². The van der Waals surface area contributed by atoms with Crippen LogP contribution in [0, 0.1) is 5.92 Å². The third-order valence-electron chi connectivity index (χ3n) is 3.17. The smallest absolute Gasteiger partial charge is 0.354 e. The van der Waals surface area contributed by atoms with Crippen molar-refractivity contribution in [1.82, 2.24) is 20.4 Å². The van der Waals surface area contributed by atoms with Crippen molar-refractivity contribution in [1.29, 1.82) is 0 Å². The lowest BCUT2D eigenvalue weighted by Gasteiger charge is -2.11.